The third-order valence-corrected chi connectivity index (χ3v) is 6.41. The molecule has 2 N–H and O–H groups in total. The molecule has 6 nitrogen and oxygen atoms in total. The van der Waals surface area contributed by atoms with Gasteiger partial charge >= 0.3 is 5.97 Å². The third kappa shape index (κ3) is 5.70. The van der Waals surface area contributed by atoms with Crippen molar-refractivity contribution >= 4 is 50.3 Å². The lowest BCUT2D eigenvalue weighted by Gasteiger charge is -2.20. The Hall–Kier alpha value is -3.26. The van der Waals surface area contributed by atoms with Crippen LogP contribution in [0.25, 0.3) is 22.2 Å². The molecule has 4 aromatic rings. The van der Waals surface area contributed by atoms with Crippen LogP contribution in [-0.4, -0.2) is 35.1 Å². The van der Waals surface area contributed by atoms with Gasteiger partial charge in [0, 0.05) is 32.6 Å². The van der Waals surface area contributed by atoms with Crippen molar-refractivity contribution in [1.82, 2.24) is 10.3 Å². The average molecular weight is 554 g/mol. The van der Waals surface area contributed by atoms with Gasteiger partial charge in [-0.15, -0.1) is 0 Å². The molecule has 0 bridgehead atoms. The molecule has 0 fully saturated rings. The van der Waals surface area contributed by atoms with Gasteiger partial charge in [-0.3, -0.25) is 4.79 Å². The van der Waals surface area contributed by atoms with E-state index in [9.17, 15) is 9.59 Å². The summed E-state index contributed by atoms with van der Waals surface area (Å²) in [7, 11) is 0. The maximum absolute atomic E-state index is 13.6. The zero-order valence-corrected chi connectivity index (χ0v) is 21.1. The highest BCUT2D eigenvalue weighted by molar-refractivity contribution is 9.10. The minimum atomic E-state index is -1.11. The number of halogens is 2. The number of nitrogens with one attached hydrogen (secondary N) is 1. The van der Waals surface area contributed by atoms with Crippen LogP contribution in [0.15, 0.2) is 77.3 Å². The maximum Gasteiger partial charge on any atom is 0.329 e. The molecule has 0 saturated carbocycles. The van der Waals surface area contributed by atoms with Crippen LogP contribution in [0, 0.1) is 6.92 Å². The van der Waals surface area contributed by atoms with Gasteiger partial charge in [0.15, 0.2) is 0 Å². The molecule has 1 atom stereocenters. The summed E-state index contributed by atoms with van der Waals surface area (Å²) >= 11 is 9.81. The van der Waals surface area contributed by atoms with Crippen LogP contribution >= 0.6 is 27.5 Å². The highest BCUT2D eigenvalue weighted by Crippen LogP contribution is 2.31. The van der Waals surface area contributed by atoms with Crippen LogP contribution in [0.3, 0.4) is 0 Å². The molecule has 1 heterocycles. The molecule has 0 saturated heterocycles. The normalized spacial score (nSPS) is 11.9. The van der Waals surface area contributed by atoms with Gasteiger partial charge in [-0.2, -0.15) is 0 Å². The number of fused-ring (bicyclic) bond motifs is 1. The number of rotatable bonds is 8. The van der Waals surface area contributed by atoms with Crippen LogP contribution in [0.2, 0.25) is 5.02 Å². The molecule has 1 amide bonds. The topological polar surface area (TPSA) is 88.5 Å². The second kappa shape index (κ2) is 11.0. The lowest BCUT2D eigenvalue weighted by Crippen LogP contribution is -2.31. The summed E-state index contributed by atoms with van der Waals surface area (Å²) in [5.41, 5.74) is 4.14. The number of carbonyl (C=O) groups is 2. The number of amides is 1. The summed E-state index contributed by atoms with van der Waals surface area (Å²) in [6.07, 6.45) is -0.738. The van der Waals surface area contributed by atoms with E-state index in [2.05, 4.69) is 21.2 Å². The van der Waals surface area contributed by atoms with Crippen molar-refractivity contribution in [2.75, 3.05) is 13.2 Å². The summed E-state index contributed by atoms with van der Waals surface area (Å²) in [5.74, 6) is -1.43. The van der Waals surface area contributed by atoms with Gasteiger partial charge in [0.1, 0.15) is 12.7 Å². The zero-order chi connectivity index (χ0) is 24.9. The minimum Gasteiger partial charge on any atom is -0.480 e. The summed E-state index contributed by atoms with van der Waals surface area (Å²) < 4.78 is 6.39. The number of ether oxygens (including phenoxy) is 1. The number of nitrogens with zero attached hydrogens (tertiary/aromatic N) is 1. The molecular formula is C27H22BrClN2O4. The molecule has 0 aliphatic rings. The summed E-state index contributed by atoms with van der Waals surface area (Å²) in [6.45, 7) is 1.39. The smallest absolute Gasteiger partial charge is 0.329 e. The van der Waals surface area contributed by atoms with Crippen molar-refractivity contribution in [3.8, 4) is 11.3 Å². The Kier molecular flexibility index (Phi) is 7.80. The number of benzene rings is 3. The largest absolute Gasteiger partial charge is 0.480 e. The fourth-order valence-corrected chi connectivity index (χ4v) is 4.56. The molecule has 0 spiro atoms. The number of carboxylic acids is 1. The van der Waals surface area contributed by atoms with E-state index in [0.29, 0.717) is 27.1 Å². The lowest BCUT2D eigenvalue weighted by atomic mass is 9.97. The van der Waals surface area contributed by atoms with Crippen molar-refractivity contribution < 1.29 is 19.4 Å². The number of hydrogen-bond donors (Lipinski definition) is 2. The third-order valence-electron chi connectivity index (χ3n) is 5.57. The summed E-state index contributed by atoms with van der Waals surface area (Å²) in [5, 5.41) is 13.2. The van der Waals surface area contributed by atoms with Crippen molar-refractivity contribution in [1.29, 1.82) is 0 Å². The SMILES string of the molecule is Cc1c(-c2ccccc2)nc2ccc(Br)cc2c1C(=O)NC[C@H](OCC(=O)O)c1ccccc1Cl. The number of carboxylic acid groups (broad SMARTS) is 1. The lowest BCUT2D eigenvalue weighted by molar-refractivity contribution is -0.144. The molecule has 0 radical (unpaired) electrons. The Labute approximate surface area is 216 Å². The molecule has 35 heavy (non-hydrogen) atoms. The van der Waals surface area contributed by atoms with E-state index in [-0.39, 0.29) is 12.5 Å². The summed E-state index contributed by atoms with van der Waals surface area (Å²) in [6, 6.07) is 22.3. The molecule has 178 valence electrons. The first-order valence-electron chi connectivity index (χ1n) is 10.9. The Morgan fingerprint density at radius 2 is 1.80 bits per heavy atom. The van der Waals surface area contributed by atoms with E-state index < -0.39 is 18.7 Å². The van der Waals surface area contributed by atoms with Gasteiger partial charge in [-0.05, 0) is 36.8 Å². The fourth-order valence-electron chi connectivity index (χ4n) is 3.94. The molecule has 0 aliphatic carbocycles. The molecule has 0 aliphatic heterocycles. The highest BCUT2D eigenvalue weighted by Gasteiger charge is 2.22. The number of carbonyl (C=O) groups excluding carboxylic acids is 1. The van der Waals surface area contributed by atoms with Gasteiger partial charge in [0.2, 0.25) is 0 Å². The number of hydrogen-bond acceptors (Lipinski definition) is 4. The van der Waals surface area contributed by atoms with Crippen molar-refractivity contribution in [3.05, 3.63) is 99.0 Å². The molecule has 4 rings (SSSR count). The van der Waals surface area contributed by atoms with E-state index >= 15 is 0 Å². The average Bonchev–Trinajstić information content (AvgIpc) is 2.84. The fraction of sp³-hybridized carbons (Fsp3) is 0.148. The van der Waals surface area contributed by atoms with Crippen molar-refractivity contribution in [3.63, 3.8) is 0 Å². The van der Waals surface area contributed by atoms with Gasteiger partial charge < -0.3 is 15.2 Å². The van der Waals surface area contributed by atoms with Crippen LogP contribution in [0.5, 0.6) is 0 Å². The van der Waals surface area contributed by atoms with Crippen LogP contribution in [0.1, 0.15) is 27.6 Å². The standard InChI is InChI=1S/C27H22BrClN2O4/c1-16-25(20-13-18(28)11-12-22(20)31-26(16)17-7-3-2-4-8-17)27(34)30-14-23(35-15-24(32)33)19-9-5-6-10-21(19)29/h2-13,23H,14-15H2,1H3,(H,30,34)(H,32,33)/t23-/m0/s1. The van der Waals surface area contributed by atoms with E-state index in [1.54, 1.807) is 24.3 Å². The molecular weight excluding hydrogens is 532 g/mol. The number of aliphatic carboxylic acids is 1. The number of aromatic nitrogens is 1. The predicted octanol–water partition coefficient (Wildman–Crippen LogP) is 6.20. The zero-order valence-electron chi connectivity index (χ0n) is 18.8. The number of pyridine rings is 1. The second-order valence-electron chi connectivity index (χ2n) is 7.91. The van der Waals surface area contributed by atoms with Crippen LogP contribution in [0.4, 0.5) is 0 Å². The molecule has 8 heteroatoms. The monoisotopic (exact) mass is 552 g/mol. The Morgan fingerprint density at radius 3 is 2.51 bits per heavy atom. The molecule has 1 aromatic heterocycles. The highest BCUT2D eigenvalue weighted by atomic mass is 79.9. The quantitative estimate of drug-likeness (QED) is 0.271. The van der Waals surface area contributed by atoms with E-state index in [0.717, 1.165) is 21.3 Å². The van der Waals surface area contributed by atoms with E-state index in [1.165, 1.54) is 0 Å². The minimum absolute atomic E-state index is 0.0355. The van der Waals surface area contributed by atoms with Gasteiger partial charge in [0.25, 0.3) is 5.91 Å². The molecule has 3 aromatic carbocycles. The Balaban J connectivity index is 1.71. The van der Waals surface area contributed by atoms with Crippen molar-refractivity contribution in [2.24, 2.45) is 0 Å². The first-order chi connectivity index (χ1) is 16.8. The second-order valence-corrected chi connectivity index (χ2v) is 9.24. The van der Waals surface area contributed by atoms with E-state index in [1.807, 2.05) is 55.5 Å². The van der Waals surface area contributed by atoms with Gasteiger partial charge in [-0.25, -0.2) is 9.78 Å². The van der Waals surface area contributed by atoms with Crippen LogP contribution in [-0.2, 0) is 9.53 Å². The first kappa shape index (κ1) is 24.9. The van der Waals surface area contributed by atoms with Crippen LogP contribution < -0.4 is 5.32 Å². The van der Waals surface area contributed by atoms with Gasteiger partial charge in [0.05, 0.1) is 16.8 Å². The Morgan fingerprint density at radius 1 is 1.09 bits per heavy atom. The van der Waals surface area contributed by atoms with Gasteiger partial charge in [-0.1, -0.05) is 76.1 Å². The first-order valence-corrected chi connectivity index (χ1v) is 12.0. The van der Waals surface area contributed by atoms with E-state index in [4.69, 9.17) is 26.4 Å². The summed E-state index contributed by atoms with van der Waals surface area (Å²) in [4.78, 5) is 29.5. The van der Waals surface area contributed by atoms with Crippen molar-refractivity contribution in [2.45, 2.75) is 13.0 Å². The Bertz CT molecular complexity index is 1400. The molecule has 0 unspecified atom stereocenters. The maximum atomic E-state index is 13.6. The predicted molar refractivity (Wildman–Crippen MR) is 140 cm³/mol.